The molecule has 1 aromatic heterocycles. The van der Waals surface area contributed by atoms with E-state index in [9.17, 15) is 9.18 Å². The normalized spacial score (nSPS) is 10.2. The molecule has 3 rings (SSSR count). The Morgan fingerprint density at radius 1 is 0.958 bits per heavy atom. The van der Waals surface area contributed by atoms with E-state index in [-0.39, 0.29) is 11.7 Å². The lowest BCUT2D eigenvalue weighted by Gasteiger charge is -2.08. The number of nitrogens with zero attached hydrogens (tertiary/aromatic N) is 2. The number of rotatable bonds is 4. The van der Waals surface area contributed by atoms with Crippen molar-refractivity contribution in [2.24, 2.45) is 0 Å². The molecule has 120 valence electrons. The van der Waals surface area contributed by atoms with Gasteiger partial charge >= 0.3 is 0 Å². The number of carbonyl (C=O) groups excluding carboxylic acids is 1. The molecule has 3 aromatic rings. The van der Waals surface area contributed by atoms with E-state index in [1.807, 2.05) is 19.1 Å². The number of hydrogen-bond donors (Lipinski definition) is 2. The van der Waals surface area contributed by atoms with Gasteiger partial charge in [-0.05, 0) is 48.9 Å². The zero-order chi connectivity index (χ0) is 16.9. The van der Waals surface area contributed by atoms with Crippen molar-refractivity contribution >= 4 is 23.2 Å². The maximum atomic E-state index is 13.1. The largest absolute Gasteiger partial charge is 0.339 e. The molecular formula is C18H15FN4O. The van der Waals surface area contributed by atoms with E-state index in [1.54, 1.807) is 36.4 Å². The number of carbonyl (C=O) groups is 1. The third-order valence-corrected chi connectivity index (χ3v) is 3.39. The van der Waals surface area contributed by atoms with E-state index >= 15 is 0 Å². The van der Waals surface area contributed by atoms with Crippen molar-refractivity contribution in [3.05, 3.63) is 77.6 Å². The highest BCUT2D eigenvalue weighted by Gasteiger charge is 2.09. The second kappa shape index (κ2) is 6.87. The van der Waals surface area contributed by atoms with E-state index in [4.69, 9.17) is 0 Å². The molecule has 0 unspecified atom stereocenters. The van der Waals surface area contributed by atoms with Gasteiger partial charge in [0, 0.05) is 11.3 Å². The highest BCUT2D eigenvalue weighted by molar-refractivity contribution is 6.04. The van der Waals surface area contributed by atoms with Crippen molar-refractivity contribution in [2.75, 3.05) is 10.6 Å². The van der Waals surface area contributed by atoms with Gasteiger partial charge < -0.3 is 10.6 Å². The Bertz CT molecular complexity index is 865. The molecule has 1 amide bonds. The minimum atomic E-state index is -0.338. The Hall–Kier alpha value is -3.28. The molecule has 5 nitrogen and oxygen atoms in total. The van der Waals surface area contributed by atoms with Gasteiger partial charge in [-0.1, -0.05) is 24.3 Å². The highest BCUT2D eigenvalue weighted by Crippen LogP contribution is 2.16. The quantitative estimate of drug-likeness (QED) is 0.764. The molecule has 1 heterocycles. The van der Waals surface area contributed by atoms with E-state index in [2.05, 4.69) is 20.8 Å². The van der Waals surface area contributed by atoms with Crippen LogP contribution in [-0.4, -0.2) is 16.1 Å². The Labute approximate surface area is 138 Å². The van der Waals surface area contributed by atoms with Gasteiger partial charge in [0.15, 0.2) is 11.6 Å². The molecule has 0 atom stereocenters. The predicted molar refractivity (Wildman–Crippen MR) is 90.8 cm³/mol. The van der Waals surface area contributed by atoms with Gasteiger partial charge in [0.1, 0.15) is 5.82 Å². The fraction of sp³-hybridized carbons (Fsp3) is 0.0556. The van der Waals surface area contributed by atoms with Crippen LogP contribution in [0.5, 0.6) is 0 Å². The maximum Gasteiger partial charge on any atom is 0.257 e. The zero-order valence-electron chi connectivity index (χ0n) is 13.0. The van der Waals surface area contributed by atoms with Gasteiger partial charge in [0.25, 0.3) is 5.91 Å². The van der Waals surface area contributed by atoms with Gasteiger partial charge in [0.2, 0.25) is 0 Å². The first-order valence-electron chi connectivity index (χ1n) is 7.35. The first-order chi connectivity index (χ1) is 11.6. The Morgan fingerprint density at radius 2 is 1.71 bits per heavy atom. The molecule has 2 aromatic carbocycles. The fourth-order valence-corrected chi connectivity index (χ4v) is 2.19. The summed E-state index contributed by atoms with van der Waals surface area (Å²) in [6.07, 6.45) is 0. The lowest BCUT2D eigenvalue weighted by molar-refractivity contribution is 0.102. The number of benzene rings is 2. The van der Waals surface area contributed by atoms with Crippen molar-refractivity contribution in [3.63, 3.8) is 0 Å². The Kier molecular flexibility index (Phi) is 4.47. The first-order valence-corrected chi connectivity index (χ1v) is 7.35. The Morgan fingerprint density at radius 3 is 2.42 bits per heavy atom. The monoisotopic (exact) mass is 322 g/mol. The molecule has 0 radical (unpaired) electrons. The second-order valence-electron chi connectivity index (χ2n) is 5.21. The summed E-state index contributed by atoms with van der Waals surface area (Å²) in [7, 11) is 0. The SMILES string of the molecule is Cc1ccccc1C(=O)Nc1ccc(Nc2cccc(F)c2)nn1. The number of anilines is 3. The summed E-state index contributed by atoms with van der Waals surface area (Å²) in [6.45, 7) is 1.87. The van der Waals surface area contributed by atoms with Crippen LogP contribution in [0.1, 0.15) is 15.9 Å². The van der Waals surface area contributed by atoms with Crippen LogP contribution < -0.4 is 10.6 Å². The summed E-state index contributed by atoms with van der Waals surface area (Å²) in [4.78, 5) is 12.2. The lowest BCUT2D eigenvalue weighted by atomic mass is 10.1. The molecule has 0 spiro atoms. The van der Waals surface area contributed by atoms with Gasteiger partial charge in [-0.3, -0.25) is 4.79 Å². The van der Waals surface area contributed by atoms with Crippen molar-refractivity contribution in [3.8, 4) is 0 Å². The molecular weight excluding hydrogens is 307 g/mol. The van der Waals surface area contributed by atoms with Crippen molar-refractivity contribution < 1.29 is 9.18 Å². The molecule has 0 bridgehead atoms. The standard InChI is InChI=1S/C18H15FN4O/c1-12-5-2-3-8-15(12)18(24)21-17-10-9-16(22-23-17)20-14-7-4-6-13(19)11-14/h2-11H,1H3,(H,20,22)(H,21,23,24). The molecule has 0 aliphatic heterocycles. The minimum Gasteiger partial charge on any atom is -0.339 e. The maximum absolute atomic E-state index is 13.1. The predicted octanol–water partition coefficient (Wildman–Crippen LogP) is 3.92. The van der Waals surface area contributed by atoms with Crippen molar-refractivity contribution in [1.29, 1.82) is 0 Å². The van der Waals surface area contributed by atoms with Crippen molar-refractivity contribution in [1.82, 2.24) is 10.2 Å². The third-order valence-electron chi connectivity index (χ3n) is 3.39. The number of nitrogens with one attached hydrogen (secondary N) is 2. The van der Waals surface area contributed by atoms with Gasteiger partial charge in [0.05, 0.1) is 0 Å². The Balaban J connectivity index is 1.68. The lowest BCUT2D eigenvalue weighted by Crippen LogP contribution is -2.14. The molecule has 6 heteroatoms. The molecule has 2 N–H and O–H groups in total. The molecule has 0 aliphatic carbocycles. The summed E-state index contributed by atoms with van der Waals surface area (Å²) in [5, 5.41) is 13.6. The van der Waals surface area contributed by atoms with Crippen LogP contribution in [0.4, 0.5) is 21.7 Å². The van der Waals surface area contributed by atoms with Gasteiger partial charge in [-0.25, -0.2) is 4.39 Å². The summed E-state index contributed by atoms with van der Waals surface area (Å²) >= 11 is 0. The van der Waals surface area contributed by atoms with Crippen LogP contribution in [0.2, 0.25) is 0 Å². The van der Waals surface area contributed by atoms with Gasteiger partial charge in [-0.2, -0.15) is 0 Å². The summed E-state index contributed by atoms with van der Waals surface area (Å²) in [6, 6.07) is 16.6. The van der Waals surface area contributed by atoms with Crippen molar-refractivity contribution in [2.45, 2.75) is 6.92 Å². The van der Waals surface area contributed by atoms with Crippen LogP contribution in [-0.2, 0) is 0 Å². The zero-order valence-corrected chi connectivity index (χ0v) is 13.0. The average Bonchev–Trinajstić information content (AvgIpc) is 2.57. The van der Waals surface area contributed by atoms with Crippen LogP contribution in [0.3, 0.4) is 0 Å². The first kappa shape index (κ1) is 15.6. The number of hydrogen-bond acceptors (Lipinski definition) is 4. The molecule has 24 heavy (non-hydrogen) atoms. The highest BCUT2D eigenvalue weighted by atomic mass is 19.1. The molecule has 0 fully saturated rings. The van der Waals surface area contributed by atoms with E-state index < -0.39 is 0 Å². The number of aromatic nitrogens is 2. The smallest absolute Gasteiger partial charge is 0.257 e. The van der Waals surface area contributed by atoms with Crippen LogP contribution in [0, 0.1) is 12.7 Å². The van der Waals surface area contributed by atoms with E-state index in [1.165, 1.54) is 12.1 Å². The van der Waals surface area contributed by atoms with Crippen LogP contribution >= 0.6 is 0 Å². The number of aryl methyl sites for hydroxylation is 1. The topological polar surface area (TPSA) is 66.9 Å². The summed E-state index contributed by atoms with van der Waals surface area (Å²) in [5.74, 6) is 0.214. The van der Waals surface area contributed by atoms with E-state index in [0.29, 0.717) is 22.9 Å². The van der Waals surface area contributed by atoms with Crippen LogP contribution in [0.15, 0.2) is 60.7 Å². The summed E-state index contributed by atoms with van der Waals surface area (Å²) < 4.78 is 13.1. The summed E-state index contributed by atoms with van der Waals surface area (Å²) in [5.41, 5.74) is 2.04. The average molecular weight is 322 g/mol. The molecule has 0 saturated heterocycles. The third kappa shape index (κ3) is 3.73. The van der Waals surface area contributed by atoms with Crippen LogP contribution in [0.25, 0.3) is 0 Å². The van der Waals surface area contributed by atoms with E-state index in [0.717, 1.165) is 5.56 Å². The number of amides is 1. The molecule has 0 saturated carbocycles. The molecule has 0 aliphatic rings. The van der Waals surface area contributed by atoms with Gasteiger partial charge in [-0.15, -0.1) is 10.2 Å². The fourth-order valence-electron chi connectivity index (χ4n) is 2.19. The number of halogens is 1. The second-order valence-corrected chi connectivity index (χ2v) is 5.21. The minimum absolute atomic E-state index is 0.242.